The predicted octanol–water partition coefficient (Wildman–Crippen LogP) is 0.401. The average molecular weight is 299 g/mol. The van der Waals surface area contributed by atoms with Gasteiger partial charge in [-0.15, -0.1) is 0 Å². The van der Waals surface area contributed by atoms with Gasteiger partial charge in [-0.3, -0.25) is 5.04 Å². The van der Waals surface area contributed by atoms with E-state index in [1.807, 2.05) is 0 Å². The summed E-state index contributed by atoms with van der Waals surface area (Å²) >= 11 is -0.698. The van der Waals surface area contributed by atoms with Crippen LogP contribution in [0.3, 0.4) is 0 Å². The van der Waals surface area contributed by atoms with Crippen molar-refractivity contribution in [1.82, 2.24) is 0 Å². The van der Waals surface area contributed by atoms with E-state index in [2.05, 4.69) is 14.1 Å². The SMILES string of the molecule is O=C(OCC1CC2CC1CC2O)C(F)(F)SOO[O-]. The molecule has 6 nitrogen and oxygen atoms in total. The number of aliphatic hydroxyl groups excluding tert-OH is 1. The summed E-state index contributed by atoms with van der Waals surface area (Å²) in [6, 6.07) is 0. The molecule has 0 aromatic rings. The van der Waals surface area contributed by atoms with Crippen molar-refractivity contribution in [3.05, 3.63) is 0 Å². The standard InChI is InChI=1S/C10H14F2O6S/c11-10(12,19-18-17-15)9(14)16-4-7-2-6-1-5(7)3-8(6)13/h5-8,13,15H,1-4H2/p-1. The Labute approximate surface area is 112 Å². The van der Waals surface area contributed by atoms with Crippen molar-refractivity contribution in [2.75, 3.05) is 6.61 Å². The van der Waals surface area contributed by atoms with Crippen LogP contribution in [-0.4, -0.2) is 29.0 Å². The number of hydrogen-bond acceptors (Lipinski definition) is 7. The van der Waals surface area contributed by atoms with Gasteiger partial charge in [-0.1, -0.05) is 0 Å². The lowest BCUT2D eigenvalue weighted by Gasteiger charge is -2.25. The summed E-state index contributed by atoms with van der Waals surface area (Å²) < 4.78 is 34.0. The Bertz CT molecular complexity index is 340. The van der Waals surface area contributed by atoms with Crippen molar-refractivity contribution in [3.8, 4) is 0 Å². The minimum Gasteiger partial charge on any atom is -0.691 e. The number of aliphatic hydroxyl groups is 1. The van der Waals surface area contributed by atoms with E-state index in [1.54, 1.807) is 0 Å². The van der Waals surface area contributed by atoms with Gasteiger partial charge < -0.3 is 15.1 Å². The molecule has 0 saturated heterocycles. The Kier molecular flexibility index (Phi) is 4.62. The van der Waals surface area contributed by atoms with E-state index >= 15 is 0 Å². The molecule has 110 valence electrons. The van der Waals surface area contributed by atoms with Gasteiger partial charge in [0, 0.05) is 0 Å². The van der Waals surface area contributed by atoms with E-state index in [0.29, 0.717) is 12.8 Å². The Morgan fingerprint density at radius 3 is 2.63 bits per heavy atom. The molecule has 2 saturated carbocycles. The predicted molar refractivity (Wildman–Crippen MR) is 56.0 cm³/mol. The molecule has 0 aliphatic heterocycles. The Morgan fingerprint density at radius 1 is 1.37 bits per heavy atom. The Hall–Kier alpha value is -0.480. The lowest BCUT2D eigenvalue weighted by Crippen LogP contribution is -2.31. The molecule has 4 unspecified atom stereocenters. The van der Waals surface area contributed by atoms with Crippen molar-refractivity contribution in [2.24, 2.45) is 17.8 Å². The van der Waals surface area contributed by atoms with Crippen molar-refractivity contribution >= 4 is 18.0 Å². The summed E-state index contributed by atoms with van der Waals surface area (Å²) in [5.41, 5.74) is 0. The minimum atomic E-state index is -3.98. The van der Waals surface area contributed by atoms with Crippen LogP contribution in [0.15, 0.2) is 0 Å². The molecule has 2 fully saturated rings. The smallest absolute Gasteiger partial charge is 0.415 e. The van der Waals surface area contributed by atoms with Crippen LogP contribution in [0, 0.1) is 17.8 Å². The summed E-state index contributed by atoms with van der Waals surface area (Å²) in [7, 11) is 0. The third-order valence-corrected chi connectivity index (χ3v) is 4.30. The van der Waals surface area contributed by atoms with E-state index in [1.165, 1.54) is 0 Å². The third-order valence-electron chi connectivity index (χ3n) is 3.80. The van der Waals surface area contributed by atoms with Crippen LogP contribution >= 0.6 is 12.0 Å². The fourth-order valence-electron chi connectivity index (χ4n) is 2.93. The van der Waals surface area contributed by atoms with Gasteiger partial charge in [0.25, 0.3) is 0 Å². The zero-order chi connectivity index (χ0) is 14.0. The molecule has 2 aliphatic rings. The lowest BCUT2D eigenvalue weighted by atomic mass is 9.88. The van der Waals surface area contributed by atoms with E-state index in [9.17, 15) is 23.9 Å². The summed E-state index contributed by atoms with van der Waals surface area (Å²) in [5, 5.41) is 17.8. The molecule has 2 aliphatic carbocycles. The quantitative estimate of drug-likeness (QED) is 0.329. The molecule has 0 radical (unpaired) electrons. The van der Waals surface area contributed by atoms with Crippen molar-refractivity contribution in [1.29, 1.82) is 0 Å². The molecular formula is C10H13F2O6S-. The van der Waals surface area contributed by atoms with Crippen LogP contribution in [0.4, 0.5) is 8.78 Å². The number of rotatable bonds is 6. The molecule has 9 heteroatoms. The van der Waals surface area contributed by atoms with Crippen LogP contribution < -0.4 is 5.26 Å². The molecule has 0 heterocycles. The topological polar surface area (TPSA) is 88.1 Å². The summed E-state index contributed by atoms with van der Waals surface area (Å²) in [4.78, 5) is 11.1. The van der Waals surface area contributed by atoms with Gasteiger partial charge in [0.05, 0.1) is 12.7 Å². The van der Waals surface area contributed by atoms with Gasteiger partial charge in [0.1, 0.15) is 12.0 Å². The highest BCUT2D eigenvalue weighted by Gasteiger charge is 2.47. The molecule has 0 aromatic heterocycles. The number of alkyl halides is 2. The highest BCUT2D eigenvalue weighted by molar-refractivity contribution is 7.96. The van der Waals surface area contributed by atoms with Crippen molar-refractivity contribution < 1.29 is 38.0 Å². The highest BCUT2D eigenvalue weighted by Crippen LogP contribution is 2.48. The molecular weight excluding hydrogens is 286 g/mol. The fourth-order valence-corrected chi connectivity index (χ4v) is 3.17. The second-order valence-corrected chi connectivity index (χ2v) is 5.70. The molecule has 2 bridgehead atoms. The van der Waals surface area contributed by atoms with E-state index in [0.717, 1.165) is 6.42 Å². The van der Waals surface area contributed by atoms with E-state index < -0.39 is 23.3 Å². The second-order valence-electron chi connectivity index (χ2n) is 4.89. The number of carbonyl (C=O) groups is 1. The first-order valence-electron chi connectivity index (χ1n) is 5.81. The third kappa shape index (κ3) is 3.34. The van der Waals surface area contributed by atoms with Gasteiger partial charge >= 0.3 is 11.2 Å². The number of hydrogen-bond donors (Lipinski definition) is 1. The zero-order valence-corrected chi connectivity index (χ0v) is 10.6. The number of halogens is 2. The second kappa shape index (κ2) is 5.88. The van der Waals surface area contributed by atoms with Gasteiger partial charge in [-0.2, -0.15) is 13.1 Å². The number of fused-ring (bicyclic) bond motifs is 2. The lowest BCUT2D eigenvalue weighted by molar-refractivity contribution is -0.777. The van der Waals surface area contributed by atoms with Gasteiger partial charge in [0.2, 0.25) is 0 Å². The fraction of sp³-hybridized carbons (Fsp3) is 0.900. The van der Waals surface area contributed by atoms with E-state index in [4.69, 9.17) is 0 Å². The minimum absolute atomic E-state index is 0.00910. The summed E-state index contributed by atoms with van der Waals surface area (Å²) in [6.45, 7) is -0.110. The molecule has 0 amide bonds. The maximum Gasteiger partial charge on any atom is 0.415 e. The number of carbonyl (C=O) groups excluding carboxylic acids is 1. The highest BCUT2D eigenvalue weighted by atomic mass is 32.2. The number of esters is 1. The van der Waals surface area contributed by atoms with Crippen LogP contribution in [0.2, 0.25) is 0 Å². The van der Waals surface area contributed by atoms with Gasteiger partial charge in [0.15, 0.2) is 0 Å². The Balaban J connectivity index is 1.75. The molecule has 2 rings (SSSR count). The molecule has 1 N–H and O–H groups in total. The summed E-state index contributed by atoms with van der Waals surface area (Å²) in [5.74, 6) is -1.36. The summed E-state index contributed by atoms with van der Waals surface area (Å²) in [6.07, 6.45) is 1.83. The zero-order valence-electron chi connectivity index (χ0n) is 9.79. The van der Waals surface area contributed by atoms with Crippen LogP contribution in [0.25, 0.3) is 0 Å². The van der Waals surface area contributed by atoms with Crippen molar-refractivity contribution in [3.63, 3.8) is 0 Å². The van der Waals surface area contributed by atoms with Crippen molar-refractivity contribution in [2.45, 2.75) is 30.6 Å². The van der Waals surface area contributed by atoms with Crippen LogP contribution in [0.5, 0.6) is 0 Å². The first-order chi connectivity index (χ1) is 8.94. The maximum absolute atomic E-state index is 13.0. The average Bonchev–Trinajstić information content (AvgIpc) is 2.92. The largest absolute Gasteiger partial charge is 0.691 e. The van der Waals surface area contributed by atoms with E-state index in [-0.39, 0.29) is 30.5 Å². The van der Waals surface area contributed by atoms with Gasteiger partial charge in [-0.05, 0) is 37.0 Å². The first kappa shape index (κ1) is 14.9. The van der Waals surface area contributed by atoms with Gasteiger partial charge in [-0.25, -0.2) is 4.79 Å². The normalized spacial score (nSPS) is 33.7. The number of ether oxygens (including phenoxy) is 1. The molecule has 0 aromatic carbocycles. The first-order valence-corrected chi connectivity index (χ1v) is 6.55. The van der Waals surface area contributed by atoms with Crippen LogP contribution in [-0.2, 0) is 18.9 Å². The monoisotopic (exact) mass is 299 g/mol. The van der Waals surface area contributed by atoms with Crippen LogP contribution in [0.1, 0.15) is 19.3 Å². The molecule has 19 heavy (non-hydrogen) atoms. The molecule has 4 atom stereocenters. The Morgan fingerprint density at radius 2 is 2.11 bits per heavy atom. The maximum atomic E-state index is 13.0. The molecule has 0 spiro atoms.